The molecular formula is C22H31N3O2S. The first-order valence-corrected chi connectivity index (χ1v) is 11.1. The maximum atomic E-state index is 12.8. The van der Waals surface area contributed by atoms with Crippen molar-refractivity contribution in [2.24, 2.45) is 0 Å². The number of benzene rings is 1. The van der Waals surface area contributed by atoms with Crippen LogP contribution in [0.1, 0.15) is 41.4 Å². The largest absolute Gasteiger partial charge is 0.379 e. The molecule has 6 heteroatoms. The van der Waals surface area contributed by atoms with Crippen molar-refractivity contribution in [2.45, 2.75) is 26.4 Å². The van der Waals surface area contributed by atoms with Crippen molar-refractivity contribution in [1.82, 2.24) is 15.1 Å². The average Bonchev–Trinajstić information content (AvgIpc) is 3.26. The number of carbonyl (C=O) groups excluding carboxylic acids is 1. The number of carbonyl (C=O) groups is 1. The van der Waals surface area contributed by atoms with Crippen molar-refractivity contribution >= 4 is 17.2 Å². The molecule has 1 fully saturated rings. The molecule has 0 aliphatic carbocycles. The molecule has 1 aliphatic rings. The van der Waals surface area contributed by atoms with E-state index in [4.69, 9.17) is 4.74 Å². The molecular weight excluding hydrogens is 370 g/mol. The van der Waals surface area contributed by atoms with Crippen LogP contribution in [-0.2, 0) is 11.3 Å². The van der Waals surface area contributed by atoms with Gasteiger partial charge in [0, 0.05) is 31.7 Å². The van der Waals surface area contributed by atoms with E-state index in [1.54, 1.807) is 11.3 Å². The lowest BCUT2D eigenvalue weighted by molar-refractivity contribution is 0.0342. The SMILES string of the molecule is CCN(CC)C(CNC(=O)c1cccc(CN2CCOCC2)c1)c1ccsc1. The topological polar surface area (TPSA) is 44.8 Å². The summed E-state index contributed by atoms with van der Waals surface area (Å²) >= 11 is 1.70. The van der Waals surface area contributed by atoms with E-state index in [0.717, 1.165) is 51.5 Å². The summed E-state index contributed by atoms with van der Waals surface area (Å²) < 4.78 is 5.41. The number of amides is 1. The van der Waals surface area contributed by atoms with Crippen LogP contribution in [0.3, 0.4) is 0 Å². The van der Waals surface area contributed by atoms with Gasteiger partial charge >= 0.3 is 0 Å². The molecule has 1 unspecified atom stereocenters. The standard InChI is InChI=1S/C22H31N3O2S/c1-3-25(4-2)21(20-8-13-28-17-20)15-23-22(26)19-7-5-6-18(14-19)16-24-9-11-27-12-10-24/h5-8,13-14,17,21H,3-4,9-12,15-16H2,1-2H3,(H,23,26). The zero-order valence-electron chi connectivity index (χ0n) is 16.9. The van der Waals surface area contributed by atoms with Gasteiger partial charge in [0.2, 0.25) is 0 Å². The second kappa shape index (κ2) is 10.7. The molecule has 0 saturated carbocycles. The van der Waals surface area contributed by atoms with Crippen molar-refractivity contribution in [3.05, 3.63) is 57.8 Å². The Morgan fingerprint density at radius 2 is 2.04 bits per heavy atom. The van der Waals surface area contributed by atoms with Gasteiger partial charge in [0.15, 0.2) is 0 Å². The van der Waals surface area contributed by atoms with E-state index in [0.29, 0.717) is 6.54 Å². The molecule has 1 atom stereocenters. The first kappa shape index (κ1) is 21.0. The molecule has 5 nitrogen and oxygen atoms in total. The Balaban J connectivity index is 1.62. The van der Waals surface area contributed by atoms with Crippen molar-refractivity contribution in [2.75, 3.05) is 45.9 Å². The molecule has 1 aromatic carbocycles. The number of rotatable bonds is 9. The predicted molar refractivity (Wildman–Crippen MR) is 115 cm³/mol. The van der Waals surface area contributed by atoms with Crippen LogP contribution in [0.5, 0.6) is 0 Å². The summed E-state index contributed by atoms with van der Waals surface area (Å²) in [4.78, 5) is 17.6. The van der Waals surface area contributed by atoms with E-state index < -0.39 is 0 Å². The molecule has 1 aromatic heterocycles. The van der Waals surface area contributed by atoms with E-state index >= 15 is 0 Å². The lowest BCUT2D eigenvalue weighted by Gasteiger charge is -2.29. The Kier molecular flexibility index (Phi) is 8.03. The van der Waals surface area contributed by atoms with Gasteiger partial charge in [-0.05, 0) is 53.2 Å². The maximum Gasteiger partial charge on any atom is 0.251 e. The van der Waals surface area contributed by atoms with Crippen LogP contribution in [0.2, 0.25) is 0 Å². The van der Waals surface area contributed by atoms with Gasteiger partial charge in [-0.15, -0.1) is 0 Å². The molecule has 2 aromatic rings. The molecule has 1 amide bonds. The summed E-state index contributed by atoms with van der Waals surface area (Å²) in [6, 6.07) is 10.4. The molecule has 152 valence electrons. The lowest BCUT2D eigenvalue weighted by atomic mass is 10.1. The predicted octanol–water partition coefficient (Wildman–Crippen LogP) is 3.39. The molecule has 1 saturated heterocycles. The quantitative estimate of drug-likeness (QED) is 0.700. The van der Waals surface area contributed by atoms with Crippen LogP contribution in [0.15, 0.2) is 41.1 Å². The first-order valence-electron chi connectivity index (χ1n) is 10.1. The van der Waals surface area contributed by atoms with Crippen molar-refractivity contribution in [1.29, 1.82) is 0 Å². The normalized spacial score (nSPS) is 16.2. The minimum atomic E-state index is -0.00351. The number of thiophene rings is 1. The van der Waals surface area contributed by atoms with Crippen LogP contribution in [0.25, 0.3) is 0 Å². The Morgan fingerprint density at radius 1 is 1.25 bits per heavy atom. The fourth-order valence-corrected chi connectivity index (χ4v) is 4.41. The van der Waals surface area contributed by atoms with Gasteiger partial charge < -0.3 is 10.1 Å². The van der Waals surface area contributed by atoms with Gasteiger partial charge in [0.25, 0.3) is 5.91 Å². The summed E-state index contributed by atoms with van der Waals surface area (Å²) in [7, 11) is 0. The fourth-order valence-electron chi connectivity index (χ4n) is 3.71. The molecule has 2 heterocycles. The third kappa shape index (κ3) is 5.64. The molecule has 3 rings (SSSR count). The summed E-state index contributed by atoms with van der Waals surface area (Å²) in [5, 5.41) is 7.44. The first-order chi connectivity index (χ1) is 13.7. The zero-order chi connectivity index (χ0) is 19.8. The molecule has 0 radical (unpaired) electrons. The van der Waals surface area contributed by atoms with Gasteiger partial charge in [-0.3, -0.25) is 14.6 Å². The van der Waals surface area contributed by atoms with E-state index in [-0.39, 0.29) is 11.9 Å². The lowest BCUT2D eigenvalue weighted by Crippen LogP contribution is -2.38. The Hall–Kier alpha value is -1.73. The summed E-state index contributed by atoms with van der Waals surface area (Å²) in [5.74, 6) is -0.00351. The minimum Gasteiger partial charge on any atom is -0.379 e. The van der Waals surface area contributed by atoms with E-state index in [2.05, 4.69) is 51.9 Å². The molecule has 1 aliphatic heterocycles. The van der Waals surface area contributed by atoms with Crippen molar-refractivity contribution in [3.8, 4) is 0 Å². The highest BCUT2D eigenvalue weighted by molar-refractivity contribution is 7.07. The smallest absolute Gasteiger partial charge is 0.251 e. The number of nitrogens with one attached hydrogen (secondary N) is 1. The summed E-state index contributed by atoms with van der Waals surface area (Å²) in [6.45, 7) is 11.2. The van der Waals surface area contributed by atoms with Crippen molar-refractivity contribution in [3.63, 3.8) is 0 Å². The highest BCUT2D eigenvalue weighted by Gasteiger charge is 2.20. The number of ether oxygens (including phenoxy) is 1. The molecule has 0 spiro atoms. The molecule has 0 bridgehead atoms. The third-order valence-corrected chi connectivity index (χ3v) is 6.04. The van der Waals surface area contributed by atoms with Crippen LogP contribution in [0, 0.1) is 0 Å². The van der Waals surface area contributed by atoms with E-state index in [1.165, 1.54) is 11.1 Å². The monoisotopic (exact) mass is 401 g/mol. The number of hydrogen-bond donors (Lipinski definition) is 1. The highest BCUT2D eigenvalue weighted by atomic mass is 32.1. The number of likely N-dealkylation sites (N-methyl/N-ethyl adjacent to an activating group) is 1. The number of morpholine rings is 1. The molecule has 1 N–H and O–H groups in total. The highest BCUT2D eigenvalue weighted by Crippen LogP contribution is 2.22. The second-order valence-electron chi connectivity index (χ2n) is 7.09. The van der Waals surface area contributed by atoms with Gasteiger partial charge in [0.1, 0.15) is 0 Å². The van der Waals surface area contributed by atoms with Gasteiger partial charge in [-0.25, -0.2) is 0 Å². The Morgan fingerprint density at radius 3 is 2.71 bits per heavy atom. The third-order valence-electron chi connectivity index (χ3n) is 5.34. The summed E-state index contributed by atoms with van der Waals surface area (Å²) in [5.41, 5.74) is 3.18. The Bertz CT molecular complexity index is 725. The van der Waals surface area contributed by atoms with E-state index in [9.17, 15) is 4.79 Å². The zero-order valence-corrected chi connectivity index (χ0v) is 17.7. The minimum absolute atomic E-state index is 0.00351. The van der Waals surface area contributed by atoms with Crippen LogP contribution < -0.4 is 5.32 Å². The van der Waals surface area contributed by atoms with Crippen LogP contribution in [-0.4, -0.2) is 61.6 Å². The number of nitrogens with zero attached hydrogens (tertiary/aromatic N) is 2. The maximum absolute atomic E-state index is 12.8. The fraction of sp³-hybridized carbons (Fsp3) is 0.500. The van der Waals surface area contributed by atoms with Crippen molar-refractivity contribution < 1.29 is 9.53 Å². The van der Waals surface area contributed by atoms with E-state index in [1.807, 2.05) is 18.2 Å². The number of hydrogen-bond acceptors (Lipinski definition) is 5. The van der Waals surface area contributed by atoms with Crippen LogP contribution in [0.4, 0.5) is 0 Å². The Labute approximate surface area is 172 Å². The molecule has 28 heavy (non-hydrogen) atoms. The van der Waals surface area contributed by atoms with Gasteiger partial charge in [-0.2, -0.15) is 11.3 Å². The summed E-state index contributed by atoms with van der Waals surface area (Å²) in [6.07, 6.45) is 0. The second-order valence-corrected chi connectivity index (χ2v) is 7.87. The van der Waals surface area contributed by atoms with Gasteiger partial charge in [0.05, 0.1) is 19.3 Å². The average molecular weight is 402 g/mol. The van der Waals surface area contributed by atoms with Gasteiger partial charge in [-0.1, -0.05) is 26.0 Å². The van der Waals surface area contributed by atoms with Crippen LogP contribution >= 0.6 is 11.3 Å².